The summed E-state index contributed by atoms with van der Waals surface area (Å²) in [6.45, 7) is 7.25. The third-order valence-corrected chi connectivity index (χ3v) is 5.37. The predicted octanol–water partition coefficient (Wildman–Crippen LogP) is 0.974. The predicted molar refractivity (Wildman–Crippen MR) is 85.7 cm³/mol. The number of ether oxygens (including phenoxy) is 1. The van der Waals surface area contributed by atoms with Gasteiger partial charge in [-0.1, -0.05) is 0 Å². The molecule has 3 aliphatic rings. The first-order valence-electron chi connectivity index (χ1n) is 8.88. The number of nitrogens with zero attached hydrogens (tertiary/aromatic N) is 4. The molecule has 2 saturated heterocycles. The molecule has 3 aliphatic heterocycles. The Kier molecular flexibility index (Phi) is 4.35. The maximum Gasteiger partial charge on any atom is 0.228 e. The fourth-order valence-electron chi connectivity index (χ4n) is 4.14. The van der Waals surface area contributed by atoms with Gasteiger partial charge in [-0.2, -0.15) is 0 Å². The SMILES string of the molecule is O=C([C@@H]1CCOC1)N1Cc2nccn2C[C@H](CN2CCCC2)C1. The van der Waals surface area contributed by atoms with Crippen LogP contribution in [-0.4, -0.2) is 64.7 Å². The van der Waals surface area contributed by atoms with Gasteiger partial charge in [-0.15, -0.1) is 0 Å². The highest BCUT2D eigenvalue weighted by atomic mass is 16.5. The molecule has 1 aromatic rings. The van der Waals surface area contributed by atoms with Crippen LogP contribution in [0, 0.1) is 11.8 Å². The summed E-state index contributed by atoms with van der Waals surface area (Å²) in [5.41, 5.74) is 0. The topological polar surface area (TPSA) is 50.6 Å². The minimum absolute atomic E-state index is 0.0453. The van der Waals surface area contributed by atoms with Crippen LogP contribution in [0.25, 0.3) is 0 Å². The molecule has 0 spiro atoms. The largest absolute Gasteiger partial charge is 0.381 e. The van der Waals surface area contributed by atoms with Gasteiger partial charge >= 0.3 is 0 Å². The highest BCUT2D eigenvalue weighted by molar-refractivity contribution is 5.79. The molecule has 0 N–H and O–H groups in total. The van der Waals surface area contributed by atoms with Crippen LogP contribution in [0.5, 0.6) is 0 Å². The molecule has 6 heteroatoms. The molecule has 23 heavy (non-hydrogen) atoms. The van der Waals surface area contributed by atoms with Crippen molar-refractivity contribution in [2.45, 2.75) is 32.4 Å². The Hall–Kier alpha value is -1.40. The zero-order valence-corrected chi connectivity index (χ0v) is 13.7. The quantitative estimate of drug-likeness (QED) is 0.833. The molecule has 0 aromatic carbocycles. The van der Waals surface area contributed by atoms with Crippen LogP contribution < -0.4 is 0 Å². The first-order valence-corrected chi connectivity index (χ1v) is 8.88. The van der Waals surface area contributed by atoms with Crippen molar-refractivity contribution in [1.29, 1.82) is 0 Å². The molecule has 6 nitrogen and oxygen atoms in total. The van der Waals surface area contributed by atoms with Crippen LogP contribution in [0.1, 0.15) is 25.1 Å². The van der Waals surface area contributed by atoms with Crippen molar-refractivity contribution in [3.8, 4) is 0 Å². The third kappa shape index (κ3) is 3.28. The summed E-state index contributed by atoms with van der Waals surface area (Å²) in [6, 6.07) is 0. The van der Waals surface area contributed by atoms with Gasteiger partial charge in [0.15, 0.2) is 0 Å². The van der Waals surface area contributed by atoms with Crippen molar-refractivity contribution >= 4 is 5.91 Å². The Labute approximate surface area is 137 Å². The van der Waals surface area contributed by atoms with E-state index >= 15 is 0 Å². The second-order valence-corrected chi connectivity index (χ2v) is 7.15. The molecular weight excluding hydrogens is 292 g/mol. The van der Waals surface area contributed by atoms with Gasteiger partial charge in [0.25, 0.3) is 0 Å². The number of carbonyl (C=O) groups is 1. The smallest absolute Gasteiger partial charge is 0.228 e. The lowest BCUT2D eigenvalue weighted by atomic mass is 10.0. The van der Waals surface area contributed by atoms with E-state index in [1.54, 1.807) is 0 Å². The first-order chi connectivity index (χ1) is 11.3. The molecule has 0 bridgehead atoms. The molecule has 2 atom stereocenters. The molecule has 0 saturated carbocycles. The molecule has 4 rings (SSSR count). The van der Waals surface area contributed by atoms with Crippen LogP contribution in [-0.2, 0) is 22.6 Å². The maximum atomic E-state index is 12.9. The molecule has 1 aromatic heterocycles. The summed E-state index contributed by atoms with van der Waals surface area (Å²) in [7, 11) is 0. The number of aromatic nitrogens is 2. The number of likely N-dealkylation sites (tertiary alicyclic amines) is 1. The summed E-state index contributed by atoms with van der Waals surface area (Å²) < 4.78 is 7.65. The second-order valence-electron chi connectivity index (χ2n) is 7.15. The Morgan fingerprint density at radius 1 is 1.30 bits per heavy atom. The fraction of sp³-hybridized carbons (Fsp3) is 0.765. The highest BCUT2D eigenvalue weighted by Gasteiger charge is 2.32. The van der Waals surface area contributed by atoms with Gasteiger partial charge in [0, 0.05) is 44.6 Å². The van der Waals surface area contributed by atoms with E-state index in [0.717, 1.165) is 38.5 Å². The number of amides is 1. The summed E-state index contributed by atoms with van der Waals surface area (Å²) in [5, 5.41) is 0. The lowest BCUT2D eigenvalue weighted by molar-refractivity contribution is -0.136. The highest BCUT2D eigenvalue weighted by Crippen LogP contribution is 2.22. The van der Waals surface area contributed by atoms with Gasteiger partial charge in [-0.25, -0.2) is 4.98 Å². The second kappa shape index (κ2) is 6.61. The Bertz CT molecular complexity index is 547. The summed E-state index contributed by atoms with van der Waals surface area (Å²) >= 11 is 0. The summed E-state index contributed by atoms with van der Waals surface area (Å²) in [4.78, 5) is 21.9. The van der Waals surface area contributed by atoms with E-state index in [2.05, 4.69) is 20.6 Å². The fourth-order valence-corrected chi connectivity index (χ4v) is 4.14. The van der Waals surface area contributed by atoms with Gasteiger partial charge in [-0.05, 0) is 32.4 Å². The van der Waals surface area contributed by atoms with Crippen molar-refractivity contribution in [3.05, 3.63) is 18.2 Å². The molecule has 2 fully saturated rings. The summed E-state index contributed by atoms with van der Waals surface area (Å²) in [6.07, 6.45) is 7.39. The summed E-state index contributed by atoms with van der Waals surface area (Å²) in [5.74, 6) is 1.80. The zero-order chi connectivity index (χ0) is 15.6. The van der Waals surface area contributed by atoms with Crippen LogP contribution in [0.4, 0.5) is 0 Å². The monoisotopic (exact) mass is 318 g/mol. The standard InChI is InChI=1S/C17H26N4O2/c22-17(15-3-8-23-13-15)21-11-14(9-19-5-1-2-6-19)10-20-7-4-18-16(20)12-21/h4,7,14-15H,1-3,5-6,8-13H2/t14-,15+/m0/s1. The third-order valence-electron chi connectivity index (χ3n) is 5.37. The van der Waals surface area contributed by atoms with E-state index in [0.29, 0.717) is 19.1 Å². The van der Waals surface area contributed by atoms with E-state index in [-0.39, 0.29) is 11.8 Å². The van der Waals surface area contributed by atoms with Crippen molar-refractivity contribution in [2.24, 2.45) is 11.8 Å². The molecule has 1 amide bonds. The molecule has 126 valence electrons. The molecule has 0 radical (unpaired) electrons. The maximum absolute atomic E-state index is 12.9. The number of imidazole rings is 1. The number of fused-ring (bicyclic) bond motifs is 1. The zero-order valence-electron chi connectivity index (χ0n) is 13.7. The average molecular weight is 318 g/mol. The van der Waals surface area contributed by atoms with E-state index < -0.39 is 0 Å². The number of rotatable bonds is 3. The van der Waals surface area contributed by atoms with Crippen molar-refractivity contribution in [1.82, 2.24) is 19.4 Å². The number of carbonyl (C=O) groups excluding carboxylic acids is 1. The van der Waals surface area contributed by atoms with Gasteiger partial charge in [-0.3, -0.25) is 4.79 Å². The number of hydrogen-bond acceptors (Lipinski definition) is 4. The lowest BCUT2D eigenvalue weighted by Gasteiger charge is -2.28. The Morgan fingerprint density at radius 3 is 2.96 bits per heavy atom. The van der Waals surface area contributed by atoms with Crippen LogP contribution in [0.3, 0.4) is 0 Å². The van der Waals surface area contributed by atoms with E-state index in [4.69, 9.17) is 4.74 Å². The van der Waals surface area contributed by atoms with E-state index in [9.17, 15) is 4.79 Å². The van der Waals surface area contributed by atoms with Crippen molar-refractivity contribution < 1.29 is 9.53 Å². The lowest BCUT2D eigenvalue weighted by Crippen LogP contribution is -2.41. The van der Waals surface area contributed by atoms with Gasteiger partial charge in [0.2, 0.25) is 5.91 Å². The van der Waals surface area contributed by atoms with Crippen LogP contribution in [0.15, 0.2) is 12.4 Å². The number of hydrogen-bond donors (Lipinski definition) is 0. The molecule has 0 unspecified atom stereocenters. The molecular formula is C17H26N4O2. The molecule has 4 heterocycles. The van der Waals surface area contributed by atoms with Crippen molar-refractivity contribution in [2.75, 3.05) is 39.4 Å². The van der Waals surface area contributed by atoms with Crippen LogP contribution >= 0.6 is 0 Å². The van der Waals surface area contributed by atoms with Gasteiger partial charge in [0.05, 0.1) is 19.1 Å². The minimum atomic E-state index is 0.0453. The Balaban J connectivity index is 1.50. The van der Waals surface area contributed by atoms with E-state index in [1.807, 2.05) is 11.1 Å². The minimum Gasteiger partial charge on any atom is -0.381 e. The van der Waals surface area contributed by atoms with Gasteiger partial charge in [0.1, 0.15) is 5.82 Å². The normalized spacial score (nSPS) is 28.8. The van der Waals surface area contributed by atoms with Crippen molar-refractivity contribution in [3.63, 3.8) is 0 Å². The van der Waals surface area contributed by atoms with Crippen LogP contribution in [0.2, 0.25) is 0 Å². The molecule has 0 aliphatic carbocycles. The van der Waals surface area contributed by atoms with E-state index in [1.165, 1.54) is 25.9 Å². The average Bonchev–Trinajstić information content (AvgIpc) is 3.28. The Morgan fingerprint density at radius 2 is 2.17 bits per heavy atom. The van der Waals surface area contributed by atoms with Gasteiger partial charge < -0.3 is 19.1 Å². The first kappa shape index (κ1) is 15.1.